The van der Waals surface area contributed by atoms with Gasteiger partial charge in [-0.05, 0) is 76.9 Å². The Balaban J connectivity index is 2.37. The quantitative estimate of drug-likeness (QED) is 0.422. The largest absolute Gasteiger partial charge is 0.396 e. The number of hydrogen-bond acceptors (Lipinski definition) is 3. The van der Waals surface area contributed by atoms with Gasteiger partial charge < -0.3 is 20.6 Å². The van der Waals surface area contributed by atoms with Gasteiger partial charge in [0.25, 0.3) is 0 Å². The number of aliphatic hydroxyl groups is 1. The number of piperidine rings is 1. The van der Waals surface area contributed by atoms with Gasteiger partial charge in [-0.15, -0.1) is 0 Å². The maximum atomic E-state index is 9.24. The van der Waals surface area contributed by atoms with E-state index in [1.54, 1.807) is 0 Å². The van der Waals surface area contributed by atoms with E-state index in [1.807, 2.05) is 0 Å². The van der Waals surface area contributed by atoms with E-state index in [0.717, 1.165) is 44.4 Å². The fourth-order valence-corrected chi connectivity index (χ4v) is 3.44. The van der Waals surface area contributed by atoms with Crippen molar-refractivity contribution in [2.75, 3.05) is 46.4 Å². The smallest absolute Gasteiger partial charge is 0.191 e. The predicted molar refractivity (Wildman–Crippen MR) is 103 cm³/mol. The van der Waals surface area contributed by atoms with Crippen molar-refractivity contribution in [1.29, 1.82) is 0 Å². The Morgan fingerprint density at radius 2 is 1.96 bits per heavy atom. The molecular formula is C19H40N4O. The van der Waals surface area contributed by atoms with Crippen LogP contribution in [0.25, 0.3) is 0 Å². The first-order valence-corrected chi connectivity index (χ1v) is 9.86. The monoisotopic (exact) mass is 340 g/mol. The second-order valence-corrected chi connectivity index (χ2v) is 7.69. The molecule has 0 bridgehead atoms. The Labute approximate surface area is 149 Å². The van der Waals surface area contributed by atoms with E-state index in [1.165, 1.54) is 32.4 Å². The Kier molecular flexibility index (Phi) is 11.1. The van der Waals surface area contributed by atoms with Crippen molar-refractivity contribution in [1.82, 2.24) is 15.5 Å². The van der Waals surface area contributed by atoms with Crippen LogP contribution in [-0.2, 0) is 0 Å². The lowest BCUT2D eigenvalue weighted by molar-refractivity contribution is 0.213. The van der Waals surface area contributed by atoms with Crippen LogP contribution in [0.2, 0.25) is 0 Å². The van der Waals surface area contributed by atoms with Crippen LogP contribution >= 0.6 is 0 Å². The van der Waals surface area contributed by atoms with Gasteiger partial charge >= 0.3 is 0 Å². The normalized spacial score (nSPS) is 18.8. The van der Waals surface area contributed by atoms with E-state index in [-0.39, 0.29) is 6.61 Å². The van der Waals surface area contributed by atoms with E-state index < -0.39 is 0 Å². The zero-order chi connectivity index (χ0) is 17.8. The van der Waals surface area contributed by atoms with E-state index >= 15 is 0 Å². The molecule has 142 valence electrons. The third kappa shape index (κ3) is 9.48. The average molecular weight is 341 g/mol. The zero-order valence-electron chi connectivity index (χ0n) is 16.4. The number of hydrogen-bond donors (Lipinski definition) is 3. The van der Waals surface area contributed by atoms with Crippen LogP contribution in [0.3, 0.4) is 0 Å². The van der Waals surface area contributed by atoms with Crippen molar-refractivity contribution in [3.8, 4) is 0 Å². The summed E-state index contributed by atoms with van der Waals surface area (Å²) in [7, 11) is 2.21. The summed E-state index contributed by atoms with van der Waals surface area (Å²) in [6, 6.07) is 0. The van der Waals surface area contributed by atoms with Gasteiger partial charge in [0, 0.05) is 26.2 Å². The molecule has 0 aliphatic carbocycles. The molecule has 1 fully saturated rings. The van der Waals surface area contributed by atoms with E-state index in [0.29, 0.717) is 11.8 Å². The van der Waals surface area contributed by atoms with Gasteiger partial charge in [-0.25, -0.2) is 0 Å². The fourth-order valence-electron chi connectivity index (χ4n) is 3.44. The molecule has 0 saturated carbocycles. The molecule has 1 atom stereocenters. The van der Waals surface area contributed by atoms with Crippen LogP contribution in [0.15, 0.2) is 4.99 Å². The predicted octanol–water partition coefficient (Wildman–Crippen LogP) is 2.32. The molecular weight excluding hydrogens is 300 g/mol. The van der Waals surface area contributed by atoms with Crippen molar-refractivity contribution < 1.29 is 5.11 Å². The van der Waals surface area contributed by atoms with Crippen molar-refractivity contribution in [3.63, 3.8) is 0 Å². The second-order valence-electron chi connectivity index (χ2n) is 7.69. The highest BCUT2D eigenvalue weighted by atomic mass is 16.3. The van der Waals surface area contributed by atoms with Gasteiger partial charge in [-0.3, -0.25) is 4.99 Å². The number of aliphatic imine (C=N–C) groups is 1. The minimum atomic E-state index is 0.257. The summed E-state index contributed by atoms with van der Waals surface area (Å²) in [6.07, 6.45) is 5.83. The van der Waals surface area contributed by atoms with E-state index in [2.05, 4.69) is 43.4 Å². The van der Waals surface area contributed by atoms with Crippen LogP contribution in [-0.4, -0.2) is 62.3 Å². The molecule has 1 aliphatic rings. The second kappa shape index (κ2) is 12.5. The molecule has 0 radical (unpaired) electrons. The molecule has 5 nitrogen and oxygen atoms in total. The Morgan fingerprint density at radius 3 is 2.54 bits per heavy atom. The fraction of sp³-hybridized carbons (Fsp3) is 0.947. The van der Waals surface area contributed by atoms with Crippen LogP contribution in [0.5, 0.6) is 0 Å². The first-order valence-electron chi connectivity index (χ1n) is 9.86. The molecule has 1 saturated heterocycles. The zero-order valence-corrected chi connectivity index (χ0v) is 16.4. The Hall–Kier alpha value is -0.810. The SMILES string of the molecule is CCNC(=NCC(CCO)CC(C)C)NCCC1CCN(C)CC1. The molecule has 1 heterocycles. The molecule has 0 amide bonds. The first-order chi connectivity index (χ1) is 11.5. The minimum absolute atomic E-state index is 0.257. The van der Waals surface area contributed by atoms with Crippen LogP contribution in [0.4, 0.5) is 0 Å². The number of likely N-dealkylation sites (tertiary alicyclic amines) is 1. The van der Waals surface area contributed by atoms with Crippen molar-refractivity contribution in [3.05, 3.63) is 0 Å². The molecule has 0 aromatic rings. The van der Waals surface area contributed by atoms with Crippen molar-refractivity contribution in [2.24, 2.45) is 22.7 Å². The van der Waals surface area contributed by atoms with Gasteiger partial charge in [-0.2, -0.15) is 0 Å². The summed E-state index contributed by atoms with van der Waals surface area (Å²) >= 11 is 0. The van der Waals surface area contributed by atoms with Gasteiger partial charge in [0.2, 0.25) is 0 Å². The minimum Gasteiger partial charge on any atom is -0.396 e. The molecule has 0 aromatic carbocycles. The highest BCUT2D eigenvalue weighted by molar-refractivity contribution is 5.79. The lowest BCUT2D eigenvalue weighted by Crippen LogP contribution is -2.39. The molecule has 3 N–H and O–H groups in total. The molecule has 5 heteroatoms. The third-order valence-corrected chi connectivity index (χ3v) is 4.88. The molecule has 1 aliphatic heterocycles. The number of guanidine groups is 1. The summed E-state index contributed by atoms with van der Waals surface area (Å²) in [5, 5.41) is 16.1. The highest BCUT2D eigenvalue weighted by Gasteiger charge is 2.16. The summed E-state index contributed by atoms with van der Waals surface area (Å²) in [4.78, 5) is 7.18. The maximum Gasteiger partial charge on any atom is 0.191 e. The summed E-state index contributed by atoms with van der Waals surface area (Å²) in [6.45, 7) is 12.0. The Bertz CT molecular complexity index is 338. The van der Waals surface area contributed by atoms with E-state index in [4.69, 9.17) is 4.99 Å². The summed E-state index contributed by atoms with van der Waals surface area (Å²) < 4.78 is 0. The number of rotatable bonds is 10. The number of aliphatic hydroxyl groups excluding tert-OH is 1. The molecule has 1 rings (SSSR count). The van der Waals surface area contributed by atoms with Crippen LogP contribution in [0.1, 0.15) is 52.9 Å². The van der Waals surface area contributed by atoms with Gasteiger partial charge in [-0.1, -0.05) is 13.8 Å². The molecule has 0 spiro atoms. The lowest BCUT2D eigenvalue weighted by atomic mass is 9.94. The maximum absolute atomic E-state index is 9.24. The first kappa shape index (κ1) is 21.2. The average Bonchev–Trinajstić information content (AvgIpc) is 2.54. The van der Waals surface area contributed by atoms with Gasteiger partial charge in [0.1, 0.15) is 0 Å². The number of nitrogens with zero attached hydrogens (tertiary/aromatic N) is 2. The molecule has 0 aromatic heterocycles. The van der Waals surface area contributed by atoms with Crippen LogP contribution in [0, 0.1) is 17.8 Å². The summed E-state index contributed by atoms with van der Waals surface area (Å²) in [5.41, 5.74) is 0. The van der Waals surface area contributed by atoms with Crippen molar-refractivity contribution >= 4 is 5.96 Å². The number of nitrogens with one attached hydrogen (secondary N) is 2. The third-order valence-electron chi connectivity index (χ3n) is 4.88. The van der Waals surface area contributed by atoms with Crippen molar-refractivity contribution in [2.45, 2.75) is 52.9 Å². The molecule has 1 unspecified atom stereocenters. The summed E-state index contributed by atoms with van der Waals surface area (Å²) in [5.74, 6) is 2.90. The van der Waals surface area contributed by atoms with Gasteiger partial charge in [0.15, 0.2) is 5.96 Å². The van der Waals surface area contributed by atoms with Crippen LogP contribution < -0.4 is 10.6 Å². The lowest BCUT2D eigenvalue weighted by Gasteiger charge is -2.29. The van der Waals surface area contributed by atoms with Gasteiger partial charge in [0.05, 0.1) is 0 Å². The Morgan fingerprint density at radius 1 is 1.25 bits per heavy atom. The highest BCUT2D eigenvalue weighted by Crippen LogP contribution is 2.18. The topological polar surface area (TPSA) is 59.9 Å². The standard InChI is InChI=1S/C19H40N4O/c1-5-20-19(22-15-18(9-13-24)14-16(2)3)21-10-6-17-7-11-23(4)12-8-17/h16-18,24H,5-15H2,1-4H3,(H2,20,21,22). The van der Waals surface area contributed by atoms with E-state index in [9.17, 15) is 5.11 Å². The molecule has 24 heavy (non-hydrogen) atoms.